The van der Waals surface area contributed by atoms with E-state index in [0.717, 1.165) is 0 Å². The average Bonchev–Trinajstić information content (AvgIpc) is 2.45. The molecular weight excluding hydrogens is 363 g/mol. The van der Waals surface area contributed by atoms with Gasteiger partial charge in [0.25, 0.3) is 0 Å². The van der Waals surface area contributed by atoms with E-state index in [2.05, 4.69) is 15.9 Å². The van der Waals surface area contributed by atoms with Gasteiger partial charge in [0.1, 0.15) is 23.4 Å². The van der Waals surface area contributed by atoms with Crippen LogP contribution in [0.2, 0.25) is 5.02 Å². The van der Waals surface area contributed by atoms with Crippen LogP contribution in [0.4, 0.5) is 4.39 Å². The smallest absolute Gasteiger partial charge is 0.139 e. The third-order valence-corrected chi connectivity index (χ3v) is 3.85. The number of rotatable bonds is 4. The van der Waals surface area contributed by atoms with Crippen LogP contribution in [0.15, 0.2) is 34.8 Å². The highest BCUT2D eigenvalue weighted by molar-refractivity contribution is 9.10. The molecule has 21 heavy (non-hydrogen) atoms. The van der Waals surface area contributed by atoms with E-state index >= 15 is 0 Å². The van der Waals surface area contributed by atoms with E-state index in [4.69, 9.17) is 21.1 Å². The van der Waals surface area contributed by atoms with Crippen molar-refractivity contribution in [3.05, 3.63) is 56.8 Å². The Bertz CT molecular complexity index is 664. The summed E-state index contributed by atoms with van der Waals surface area (Å²) in [6, 6.07) is 7.51. The van der Waals surface area contributed by atoms with E-state index in [1.54, 1.807) is 12.1 Å². The number of hydrogen-bond donors (Lipinski definition) is 1. The largest absolute Gasteiger partial charge is 0.496 e. The van der Waals surface area contributed by atoms with Crippen molar-refractivity contribution in [2.75, 3.05) is 14.2 Å². The van der Waals surface area contributed by atoms with Crippen molar-refractivity contribution in [2.24, 2.45) is 0 Å². The Morgan fingerprint density at radius 2 is 1.95 bits per heavy atom. The summed E-state index contributed by atoms with van der Waals surface area (Å²) in [5.41, 5.74) is 0.382. The normalized spacial score (nSPS) is 12.1. The minimum atomic E-state index is -1.27. The van der Waals surface area contributed by atoms with Crippen LogP contribution in [0.1, 0.15) is 17.2 Å². The van der Waals surface area contributed by atoms with Crippen molar-refractivity contribution in [3.8, 4) is 11.5 Å². The molecule has 1 atom stereocenters. The van der Waals surface area contributed by atoms with Gasteiger partial charge in [-0.05, 0) is 40.2 Å². The van der Waals surface area contributed by atoms with Gasteiger partial charge in [-0.3, -0.25) is 0 Å². The van der Waals surface area contributed by atoms with Crippen LogP contribution < -0.4 is 9.47 Å². The van der Waals surface area contributed by atoms with Gasteiger partial charge in [0, 0.05) is 10.6 Å². The van der Waals surface area contributed by atoms with Crippen LogP contribution in [-0.4, -0.2) is 19.3 Å². The second kappa shape index (κ2) is 6.64. The van der Waals surface area contributed by atoms with Crippen LogP contribution >= 0.6 is 27.5 Å². The third kappa shape index (κ3) is 3.15. The quantitative estimate of drug-likeness (QED) is 0.864. The molecule has 0 spiro atoms. The van der Waals surface area contributed by atoms with Gasteiger partial charge in [-0.25, -0.2) is 4.39 Å². The van der Waals surface area contributed by atoms with Crippen molar-refractivity contribution in [1.29, 1.82) is 0 Å². The molecule has 2 rings (SSSR count). The summed E-state index contributed by atoms with van der Waals surface area (Å²) in [6.45, 7) is 0. The number of hydrogen-bond acceptors (Lipinski definition) is 3. The van der Waals surface area contributed by atoms with Crippen LogP contribution in [0, 0.1) is 5.82 Å². The molecule has 0 heterocycles. The summed E-state index contributed by atoms with van der Waals surface area (Å²) in [7, 11) is 2.87. The third-order valence-electron chi connectivity index (χ3n) is 3.04. The standard InChI is InChI=1S/C15H13BrClFO3/c1-20-12-5-3-4-11(18)13(12)14(19)9-6-8(17)7-10(16)15(9)21-2/h3-7,14,19H,1-2H3. The minimum Gasteiger partial charge on any atom is -0.496 e. The number of benzene rings is 2. The number of halogens is 3. The first kappa shape index (κ1) is 16.1. The summed E-state index contributed by atoms with van der Waals surface area (Å²) in [5.74, 6) is 0.0675. The first-order chi connectivity index (χ1) is 9.99. The zero-order valence-electron chi connectivity index (χ0n) is 11.4. The predicted octanol–water partition coefficient (Wildman–Crippen LogP) is 4.34. The maximum Gasteiger partial charge on any atom is 0.139 e. The van der Waals surface area contributed by atoms with Crippen LogP contribution in [0.25, 0.3) is 0 Å². The molecule has 0 saturated heterocycles. The van der Waals surface area contributed by atoms with Crippen LogP contribution in [0.3, 0.4) is 0 Å². The SMILES string of the molecule is COc1cccc(F)c1C(O)c1cc(Cl)cc(Br)c1OC. The van der Waals surface area contributed by atoms with Gasteiger partial charge in [0.15, 0.2) is 0 Å². The zero-order valence-corrected chi connectivity index (χ0v) is 13.7. The molecule has 6 heteroatoms. The van der Waals surface area contributed by atoms with Gasteiger partial charge >= 0.3 is 0 Å². The summed E-state index contributed by atoms with van der Waals surface area (Å²) >= 11 is 9.31. The highest BCUT2D eigenvalue weighted by atomic mass is 79.9. The summed E-state index contributed by atoms with van der Waals surface area (Å²) < 4.78 is 25.0. The lowest BCUT2D eigenvalue weighted by atomic mass is 9.99. The molecule has 0 saturated carbocycles. The Kier molecular flexibility index (Phi) is 5.08. The maximum atomic E-state index is 14.1. The Balaban J connectivity index is 2.63. The molecule has 0 aliphatic carbocycles. The lowest BCUT2D eigenvalue weighted by Crippen LogP contribution is -2.07. The fourth-order valence-electron chi connectivity index (χ4n) is 2.11. The van der Waals surface area contributed by atoms with E-state index in [1.807, 2.05) is 0 Å². The van der Waals surface area contributed by atoms with Gasteiger partial charge < -0.3 is 14.6 Å². The molecule has 1 unspecified atom stereocenters. The summed E-state index contributed by atoms with van der Waals surface area (Å²) in [4.78, 5) is 0. The monoisotopic (exact) mass is 374 g/mol. The molecule has 0 aliphatic rings. The first-order valence-corrected chi connectivity index (χ1v) is 7.20. The van der Waals surface area contributed by atoms with Crippen LogP contribution in [0.5, 0.6) is 11.5 Å². The number of methoxy groups -OCH3 is 2. The molecule has 3 nitrogen and oxygen atoms in total. The van der Waals surface area contributed by atoms with E-state index in [1.165, 1.54) is 32.4 Å². The van der Waals surface area contributed by atoms with E-state index in [-0.39, 0.29) is 11.3 Å². The van der Waals surface area contributed by atoms with Crippen molar-refractivity contribution in [2.45, 2.75) is 6.10 Å². The van der Waals surface area contributed by atoms with Gasteiger partial charge in [-0.15, -0.1) is 0 Å². The predicted molar refractivity (Wildman–Crippen MR) is 82.7 cm³/mol. The lowest BCUT2D eigenvalue weighted by molar-refractivity contribution is 0.204. The molecule has 0 aromatic heterocycles. The molecule has 2 aromatic carbocycles. The second-order valence-corrected chi connectivity index (χ2v) is 5.56. The van der Waals surface area contributed by atoms with E-state index in [0.29, 0.717) is 20.8 Å². The first-order valence-electron chi connectivity index (χ1n) is 6.03. The Labute approximate surface area is 135 Å². The van der Waals surface area contributed by atoms with Gasteiger partial charge in [0.05, 0.1) is 24.3 Å². The molecule has 0 radical (unpaired) electrons. The van der Waals surface area contributed by atoms with Crippen molar-refractivity contribution in [3.63, 3.8) is 0 Å². The molecular formula is C15H13BrClFO3. The maximum absolute atomic E-state index is 14.1. The van der Waals surface area contributed by atoms with Crippen molar-refractivity contribution in [1.82, 2.24) is 0 Å². The van der Waals surface area contributed by atoms with Gasteiger partial charge in [0.2, 0.25) is 0 Å². The lowest BCUT2D eigenvalue weighted by Gasteiger charge is -2.19. The molecule has 0 amide bonds. The Morgan fingerprint density at radius 1 is 1.24 bits per heavy atom. The Hall–Kier alpha value is -1.30. The van der Waals surface area contributed by atoms with Crippen molar-refractivity contribution >= 4 is 27.5 Å². The molecule has 0 bridgehead atoms. The summed E-state index contributed by atoms with van der Waals surface area (Å²) in [6.07, 6.45) is -1.27. The minimum absolute atomic E-state index is 0.0347. The molecule has 2 aromatic rings. The van der Waals surface area contributed by atoms with Gasteiger partial charge in [-0.1, -0.05) is 17.7 Å². The molecule has 112 valence electrons. The topological polar surface area (TPSA) is 38.7 Å². The highest BCUT2D eigenvalue weighted by Crippen LogP contribution is 2.41. The fourth-order valence-corrected chi connectivity index (χ4v) is 3.11. The van der Waals surface area contributed by atoms with Crippen molar-refractivity contribution < 1.29 is 19.0 Å². The summed E-state index contributed by atoms with van der Waals surface area (Å²) in [5, 5.41) is 11.0. The highest BCUT2D eigenvalue weighted by Gasteiger charge is 2.24. The fraction of sp³-hybridized carbons (Fsp3) is 0.200. The van der Waals surface area contributed by atoms with Crippen LogP contribution in [-0.2, 0) is 0 Å². The zero-order chi connectivity index (χ0) is 15.6. The number of ether oxygens (including phenoxy) is 2. The van der Waals surface area contributed by atoms with E-state index < -0.39 is 11.9 Å². The molecule has 0 aliphatic heterocycles. The van der Waals surface area contributed by atoms with Gasteiger partial charge in [-0.2, -0.15) is 0 Å². The average molecular weight is 376 g/mol. The van der Waals surface area contributed by atoms with E-state index in [9.17, 15) is 9.50 Å². The second-order valence-electron chi connectivity index (χ2n) is 4.27. The number of aliphatic hydroxyl groups excluding tert-OH is 1. The molecule has 1 N–H and O–H groups in total. The Morgan fingerprint density at radius 3 is 2.57 bits per heavy atom. The number of aliphatic hydroxyl groups is 1. The molecule has 0 fully saturated rings.